The van der Waals surface area contributed by atoms with E-state index in [4.69, 9.17) is 46.6 Å². The molecule has 12 aromatic carbocycles. The van der Waals surface area contributed by atoms with Gasteiger partial charge in [0.25, 0.3) is 0 Å². The number of H-pyrrole nitrogens is 1. The molecule has 0 spiro atoms. The maximum absolute atomic E-state index is 12.5. The molecule has 141 heavy (non-hydrogen) atoms. The van der Waals surface area contributed by atoms with Crippen molar-refractivity contribution < 1.29 is 74.1 Å². The quantitative estimate of drug-likeness (QED) is 0.0667. The van der Waals surface area contributed by atoms with Crippen LogP contribution in [0.3, 0.4) is 0 Å². The van der Waals surface area contributed by atoms with Gasteiger partial charge in [-0.3, -0.25) is 0 Å². The first-order chi connectivity index (χ1) is 68.1. The van der Waals surface area contributed by atoms with E-state index in [0.29, 0.717) is 31.3 Å². The Bertz CT molecular complexity index is 6830. The monoisotopic (exact) mass is 2010 g/mol. The van der Waals surface area contributed by atoms with Gasteiger partial charge in [0.15, 0.2) is 12.4 Å². The SMILES string of the molecule is CB1OCc2ccc(Oc3ccc(C(F)(F)F)cc3)cc21.CB1OCc2ccc(Sc3ccc(Cl)cc3)cc21.CB1OCc2cccc(OCc3ccccc3)c21.OB1CCc2ccc(-n3cc(Sc4ccccc4)c4cc(Cl)ccc43)cc21.OB1CCc2ccc(N3CCN(c4ncccn4)CC3)cc21.OB1CCc2ccc(Sc3cc[nH+]cc3)cc21.OB1CCc2ccc(Sc3ccccn3)cc21.[Cl-]. The first-order valence-electron chi connectivity index (χ1n) is 47.1. The second-order valence-electron chi connectivity index (χ2n) is 35.1. The number of pyridine rings is 2. The van der Waals surface area contributed by atoms with Gasteiger partial charge < -0.3 is 70.3 Å². The number of hydrogen-bond acceptors (Lipinski definition) is 18. The third kappa shape index (κ3) is 26.2. The van der Waals surface area contributed by atoms with Gasteiger partial charge in [-0.05, 0) is 269 Å². The highest BCUT2D eigenvalue weighted by atomic mass is 35.5. The van der Waals surface area contributed by atoms with E-state index in [0.717, 1.165) is 177 Å². The Kier molecular flexibility index (Phi) is 34.5. The van der Waals surface area contributed by atoms with Gasteiger partial charge in [-0.25, -0.2) is 19.9 Å². The van der Waals surface area contributed by atoms with E-state index in [9.17, 15) is 33.3 Å². The molecular weight excluding hydrogens is 1910 g/mol. The maximum atomic E-state index is 12.5. The summed E-state index contributed by atoms with van der Waals surface area (Å²) in [4.78, 5) is 28.9. The predicted octanol–water partition coefficient (Wildman–Crippen LogP) is 16.4. The summed E-state index contributed by atoms with van der Waals surface area (Å²) in [5.41, 5.74) is 20.6. The molecule has 8 aliphatic heterocycles. The third-order valence-corrected chi connectivity index (χ3v) is 30.2. The minimum atomic E-state index is -4.33. The molecule has 8 aliphatic rings. The van der Waals surface area contributed by atoms with Crippen LogP contribution in [0.1, 0.15) is 50.1 Å². The van der Waals surface area contributed by atoms with Crippen LogP contribution in [-0.4, -0.2) is 114 Å². The molecule has 0 radical (unpaired) electrons. The number of nitrogens with zero attached hydrogens (tertiary/aromatic N) is 6. The molecule has 0 aliphatic carbocycles. The highest BCUT2D eigenvalue weighted by molar-refractivity contribution is 8.00. The molecule has 0 saturated carbocycles. The highest BCUT2D eigenvalue weighted by Crippen LogP contribution is 2.40. The average molecular weight is 2010 g/mol. The van der Waals surface area contributed by atoms with Crippen molar-refractivity contribution in [3.05, 3.63) is 388 Å². The van der Waals surface area contributed by atoms with Crippen LogP contribution >= 0.6 is 70.2 Å². The molecular formula is C108H100B7Cl3F3N7O9S4. The van der Waals surface area contributed by atoms with Crippen LogP contribution in [0.25, 0.3) is 16.6 Å². The van der Waals surface area contributed by atoms with E-state index >= 15 is 0 Å². The summed E-state index contributed by atoms with van der Waals surface area (Å²) in [7, 11) is 0. The molecule has 5 N–H and O–H groups in total. The van der Waals surface area contributed by atoms with Crippen molar-refractivity contribution in [2.24, 2.45) is 0 Å². The van der Waals surface area contributed by atoms with Crippen LogP contribution in [0.15, 0.2) is 368 Å². The molecule has 708 valence electrons. The van der Waals surface area contributed by atoms with Gasteiger partial charge in [-0.15, -0.1) is 0 Å². The predicted molar refractivity (Wildman–Crippen MR) is 570 cm³/mol. The average Bonchev–Trinajstić information content (AvgIpc) is 1.61. The van der Waals surface area contributed by atoms with Crippen molar-refractivity contribution in [1.29, 1.82) is 0 Å². The number of benzene rings is 12. The number of hydrogen-bond donors (Lipinski definition) is 4. The number of rotatable bonds is 16. The van der Waals surface area contributed by atoms with Crippen LogP contribution < -0.4 is 74.9 Å². The first-order valence-corrected chi connectivity index (χ1v) is 51.1. The Hall–Kier alpha value is -11.0. The summed E-state index contributed by atoms with van der Waals surface area (Å²) in [6.07, 6.45) is 14.4. The zero-order valence-corrected chi connectivity index (χ0v) is 83.5. The molecule has 0 unspecified atom stereocenters. The number of aromatic amines is 1. The lowest BCUT2D eigenvalue weighted by Crippen LogP contribution is -3.00. The van der Waals surface area contributed by atoms with E-state index in [-0.39, 0.29) is 60.8 Å². The molecule has 12 heterocycles. The van der Waals surface area contributed by atoms with Crippen LogP contribution in [0, 0.1) is 0 Å². The van der Waals surface area contributed by atoms with Crippen LogP contribution in [0.2, 0.25) is 55.8 Å². The first kappa shape index (κ1) is 101. The Morgan fingerprint density at radius 2 is 0.894 bits per heavy atom. The fourth-order valence-corrected chi connectivity index (χ4v) is 22.1. The number of alkyl halides is 3. The Morgan fingerprint density at radius 1 is 0.411 bits per heavy atom. The van der Waals surface area contributed by atoms with Gasteiger partial charge in [-0.2, -0.15) is 13.2 Å². The summed E-state index contributed by atoms with van der Waals surface area (Å²) in [5, 5.41) is 43.7. The van der Waals surface area contributed by atoms with Gasteiger partial charge in [0.05, 0.1) is 30.9 Å². The highest BCUT2D eigenvalue weighted by Gasteiger charge is 2.34. The lowest BCUT2D eigenvalue weighted by molar-refractivity contribution is -0.378. The molecule has 16 nitrogen and oxygen atoms in total. The van der Waals surface area contributed by atoms with Crippen molar-refractivity contribution in [1.82, 2.24) is 19.5 Å². The largest absolute Gasteiger partial charge is 1.00 e. The minimum absolute atomic E-state index is 0. The molecule has 0 bridgehead atoms. The fraction of sp³-hybridized carbons (Fsp3) is 0.185. The molecule has 4 aromatic heterocycles. The zero-order chi connectivity index (χ0) is 96.6. The standard InChI is InChI=1S/C22H17BClNOS.C16H19BN4O.C15H12BF3O2.C15H15BO2.C14H12BClOS.2C13H12BNOS.ClH/c24-16-7-9-21-19(12-16)22(27-18-4-2-1-3-5-18)14-25(21)17-8-6-15-10-11-23(26)20(15)13-17;22-17-5-4-13-2-3-14(12-15(13)17)20-8-10-21(11-9-20)16-18-6-1-7-19-16;1-16-14-8-13(5-2-10(14)9-20-16)21-12-6-3-11(4-7-12)15(17,18)19;1-16-15-13(11-18-16)8-5-9-14(15)17-10-12-6-3-2-4-7-12;1-15-14-8-13(5-2-10(14)9-17-15)18-12-6-3-11(16)4-7-12;16-14-6-3-10-1-2-12(9-13(10)14)17-11-4-7-15-8-5-11;16-14-7-6-10-4-5-11(9-12(10)14)17-13-3-1-2-8-15-13;/h1-9,12-14,26H,10-11H2;1-3,6-7,12,22H,4-5,8-11H2;2-8H,9H2,1H3;2-9H,10-11H2,1H3;2-8H,9H2,1H3;1-2,4-5,7-9,16H,3,6H2;1-5,8-9,16H,6-7H2;1H. The van der Waals surface area contributed by atoms with Gasteiger partial charge >= 0.3 is 54.6 Å². The fourth-order valence-electron chi connectivity index (χ4n) is 18.3. The lowest BCUT2D eigenvalue weighted by atomic mass is 9.63. The molecule has 1 fully saturated rings. The van der Waals surface area contributed by atoms with Crippen molar-refractivity contribution in [2.75, 3.05) is 36.0 Å². The van der Waals surface area contributed by atoms with E-state index in [1.54, 1.807) is 71.7 Å². The Labute approximate surface area is 857 Å². The van der Waals surface area contributed by atoms with Crippen LogP contribution in [0.4, 0.5) is 24.8 Å². The van der Waals surface area contributed by atoms with Crippen LogP contribution in [0.5, 0.6) is 17.2 Å². The number of halogens is 6. The minimum Gasteiger partial charge on any atom is -1.00 e. The number of aromatic nitrogens is 5. The summed E-state index contributed by atoms with van der Waals surface area (Å²) in [6, 6.07) is 94.9. The number of fused-ring (bicyclic) bond motifs is 8. The number of aryl methyl sites for hydroxylation is 4. The molecule has 1 saturated heterocycles. The zero-order valence-electron chi connectivity index (χ0n) is 77.9. The van der Waals surface area contributed by atoms with E-state index in [1.807, 2.05) is 141 Å². The molecule has 16 aromatic rings. The Balaban J connectivity index is 0.000000114. The number of anilines is 2. The van der Waals surface area contributed by atoms with Crippen molar-refractivity contribution in [2.45, 2.75) is 143 Å². The molecule has 24 rings (SSSR count). The number of nitrogens with one attached hydrogen (secondary N) is 1. The Morgan fingerprint density at radius 3 is 1.50 bits per heavy atom. The van der Waals surface area contributed by atoms with E-state index < -0.39 is 11.7 Å². The number of piperazine rings is 1. The third-order valence-electron chi connectivity index (χ3n) is 25.8. The molecule has 33 heteroatoms. The second kappa shape index (κ2) is 47.9. The normalized spacial score (nSPS) is 14.3. The maximum Gasteiger partial charge on any atom is 0.416 e. The summed E-state index contributed by atoms with van der Waals surface area (Å²) in [6.45, 7) is 11.6. The van der Waals surface area contributed by atoms with Gasteiger partial charge in [-0.1, -0.05) is 234 Å². The molecule has 0 amide bonds. The van der Waals surface area contributed by atoms with Crippen molar-refractivity contribution in [3.63, 3.8) is 0 Å². The van der Waals surface area contributed by atoms with Crippen molar-refractivity contribution >= 4 is 179 Å². The van der Waals surface area contributed by atoms with Gasteiger partial charge in [0, 0.05) is 124 Å². The van der Waals surface area contributed by atoms with Crippen molar-refractivity contribution in [3.8, 4) is 22.9 Å². The van der Waals surface area contributed by atoms with E-state index in [2.05, 4.69) is 194 Å². The van der Waals surface area contributed by atoms with Crippen LogP contribution in [-0.2, 0) is 72.3 Å². The van der Waals surface area contributed by atoms with Gasteiger partial charge in [0.2, 0.25) is 5.95 Å². The smallest absolute Gasteiger partial charge is 0.416 e. The topological polar surface area (TPSA) is 191 Å². The van der Waals surface area contributed by atoms with Gasteiger partial charge in [0.1, 0.15) is 28.9 Å². The molecule has 0 atom stereocenters. The number of ether oxygens (including phenoxy) is 2. The van der Waals surface area contributed by atoms with E-state index in [1.165, 1.54) is 97.1 Å². The summed E-state index contributed by atoms with van der Waals surface area (Å²) in [5.74, 6) is 2.72. The second-order valence-corrected chi connectivity index (χ2v) is 40.5. The summed E-state index contributed by atoms with van der Waals surface area (Å²) >= 11 is 19.0. The summed E-state index contributed by atoms with van der Waals surface area (Å²) < 4.78 is 67.9. The lowest BCUT2D eigenvalue weighted by Gasteiger charge is -2.36.